The van der Waals surface area contributed by atoms with E-state index in [4.69, 9.17) is 9.47 Å². The minimum Gasteiger partial charge on any atom is -0.379 e. The van der Waals surface area contributed by atoms with Gasteiger partial charge in [0.25, 0.3) is 0 Å². The minimum atomic E-state index is 0.497. The maximum Gasteiger partial charge on any atom is 0.119 e. The molecule has 0 unspecified atom stereocenters. The van der Waals surface area contributed by atoms with Crippen molar-refractivity contribution >= 4 is 11.3 Å². The predicted octanol–water partition coefficient (Wildman–Crippen LogP) is 2.22. The molecule has 0 aromatic carbocycles. The summed E-state index contributed by atoms with van der Waals surface area (Å²) in [4.78, 5) is 9.94. The van der Waals surface area contributed by atoms with E-state index in [2.05, 4.69) is 27.1 Å². The molecule has 3 fully saturated rings. The van der Waals surface area contributed by atoms with Crippen LogP contribution in [0.3, 0.4) is 0 Å². The fourth-order valence-electron chi connectivity index (χ4n) is 5.00. The molecule has 5 nitrogen and oxygen atoms in total. The molecule has 0 saturated carbocycles. The number of hydrogen-bond donors (Lipinski definition) is 0. The summed E-state index contributed by atoms with van der Waals surface area (Å²) in [5.41, 5.74) is 1.70. The summed E-state index contributed by atoms with van der Waals surface area (Å²) in [6.45, 7) is 10.7. The van der Waals surface area contributed by atoms with Gasteiger partial charge in [0, 0.05) is 37.5 Å². The zero-order valence-corrected chi connectivity index (χ0v) is 15.7. The van der Waals surface area contributed by atoms with Gasteiger partial charge in [-0.2, -0.15) is 0 Å². The predicted molar refractivity (Wildman–Crippen MR) is 95.1 cm³/mol. The molecule has 0 radical (unpaired) electrons. The topological polar surface area (TPSA) is 37.8 Å². The summed E-state index contributed by atoms with van der Waals surface area (Å²) >= 11 is 1.71. The lowest BCUT2D eigenvalue weighted by molar-refractivity contribution is 0.0473. The van der Waals surface area contributed by atoms with Crippen LogP contribution in [0.5, 0.6) is 0 Å². The van der Waals surface area contributed by atoms with Crippen molar-refractivity contribution in [1.82, 2.24) is 14.8 Å². The van der Waals surface area contributed by atoms with E-state index in [0.29, 0.717) is 18.1 Å². The Morgan fingerprint density at radius 3 is 2.96 bits per heavy atom. The SMILES string of the molecule is CCN1CC2(CCN(Cc3csc(COC)n3)CC2)[C@H]2COC[C@H]21. The van der Waals surface area contributed by atoms with Crippen molar-refractivity contribution in [3.05, 3.63) is 16.1 Å². The molecule has 2 atom stereocenters. The van der Waals surface area contributed by atoms with Crippen molar-refractivity contribution < 1.29 is 9.47 Å². The Morgan fingerprint density at radius 1 is 1.38 bits per heavy atom. The lowest BCUT2D eigenvalue weighted by Gasteiger charge is -2.42. The van der Waals surface area contributed by atoms with Gasteiger partial charge < -0.3 is 9.47 Å². The number of thiazole rings is 1. The van der Waals surface area contributed by atoms with Gasteiger partial charge in [0.15, 0.2) is 0 Å². The van der Waals surface area contributed by atoms with Gasteiger partial charge in [-0.05, 0) is 37.9 Å². The summed E-state index contributed by atoms with van der Waals surface area (Å²) in [7, 11) is 1.73. The van der Waals surface area contributed by atoms with Crippen molar-refractivity contribution in [2.24, 2.45) is 11.3 Å². The monoisotopic (exact) mass is 351 g/mol. The molecule has 134 valence electrons. The van der Waals surface area contributed by atoms with Crippen LogP contribution < -0.4 is 0 Å². The molecule has 3 aliphatic rings. The molecule has 0 aliphatic carbocycles. The highest BCUT2D eigenvalue weighted by Gasteiger charge is 2.54. The van der Waals surface area contributed by atoms with Crippen molar-refractivity contribution in [3.63, 3.8) is 0 Å². The molecule has 0 N–H and O–H groups in total. The van der Waals surface area contributed by atoms with Crippen LogP contribution in [0.1, 0.15) is 30.5 Å². The first kappa shape index (κ1) is 16.9. The van der Waals surface area contributed by atoms with E-state index < -0.39 is 0 Å². The molecule has 1 aromatic rings. The first-order chi connectivity index (χ1) is 11.7. The van der Waals surface area contributed by atoms with Crippen LogP contribution in [0.4, 0.5) is 0 Å². The molecule has 3 aliphatic heterocycles. The summed E-state index contributed by atoms with van der Waals surface area (Å²) in [5, 5.41) is 3.27. The Balaban J connectivity index is 1.36. The zero-order valence-electron chi connectivity index (χ0n) is 14.9. The van der Waals surface area contributed by atoms with Crippen molar-refractivity contribution in [1.29, 1.82) is 0 Å². The summed E-state index contributed by atoms with van der Waals surface area (Å²) in [6.07, 6.45) is 2.62. The number of hydrogen-bond acceptors (Lipinski definition) is 6. The van der Waals surface area contributed by atoms with Gasteiger partial charge in [0.2, 0.25) is 0 Å². The molecule has 24 heavy (non-hydrogen) atoms. The van der Waals surface area contributed by atoms with Crippen LogP contribution in [0.15, 0.2) is 5.38 Å². The molecule has 4 heterocycles. The molecule has 0 bridgehead atoms. The fourth-order valence-corrected chi connectivity index (χ4v) is 5.75. The van der Waals surface area contributed by atoms with Gasteiger partial charge in [0.1, 0.15) is 5.01 Å². The fraction of sp³-hybridized carbons (Fsp3) is 0.833. The molecule has 1 aromatic heterocycles. The van der Waals surface area contributed by atoms with E-state index in [1.54, 1.807) is 18.4 Å². The molecular formula is C18H29N3O2S. The van der Waals surface area contributed by atoms with E-state index in [1.165, 1.54) is 38.2 Å². The van der Waals surface area contributed by atoms with Crippen molar-refractivity contribution in [2.75, 3.05) is 46.5 Å². The Hall–Kier alpha value is -0.530. The Morgan fingerprint density at radius 2 is 2.21 bits per heavy atom. The second-order valence-electron chi connectivity index (χ2n) is 7.58. The lowest BCUT2D eigenvalue weighted by atomic mass is 9.70. The number of methoxy groups -OCH3 is 1. The van der Waals surface area contributed by atoms with E-state index in [-0.39, 0.29) is 0 Å². The molecular weight excluding hydrogens is 322 g/mol. The highest BCUT2D eigenvalue weighted by molar-refractivity contribution is 7.09. The Bertz CT molecular complexity index is 556. The number of likely N-dealkylation sites (N-methyl/N-ethyl adjacent to an activating group) is 1. The van der Waals surface area contributed by atoms with Gasteiger partial charge in [-0.15, -0.1) is 11.3 Å². The van der Waals surface area contributed by atoms with E-state index in [1.807, 2.05) is 0 Å². The van der Waals surface area contributed by atoms with Crippen LogP contribution in [0, 0.1) is 11.3 Å². The second-order valence-corrected chi connectivity index (χ2v) is 8.52. The first-order valence-corrected chi connectivity index (χ1v) is 10.1. The number of rotatable bonds is 5. The average molecular weight is 352 g/mol. The quantitative estimate of drug-likeness (QED) is 0.813. The smallest absolute Gasteiger partial charge is 0.119 e. The number of fused-ring (bicyclic) bond motifs is 2. The third-order valence-corrected chi connectivity index (χ3v) is 7.21. The standard InChI is InChI=1S/C18H29N3O2S/c1-3-21-13-18(15-9-23-10-16(15)21)4-6-20(7-5-18)8-14-12-24-17(19-14)11-22-2/h12,15-16H,3-11,13H2,1-2H3/t15-,16+/m0/s1. The number of piperidine rings is 1. The third-order valence-electron chi connectivity index (χ3n) is 6.33. The maximum absolute atomic E-state index is 5.84. The Labute approximate surface area is 148 Å². The van der Waals surface area contributed by atoms with Gasteiger partial charge in [-0.3, -0.25) is 9.80 Å². The van der Waals surface area contributed by atoms with E-state index in [9.17, 15) is 0 Å². The number of likely N-dealkylation sites (tertiary alicyclic amines) is 2. The third kappa shape index (κ3) is 3.03. The first-order valence-electron chi connectivity index (χ1n) is 9.20. The Kier molecular flexibility index (Phi) is 4.93. The normalized spacial score (nSPS) is 30.2. The molecule has 0 amide bonds. The van der Waals surface area contributed by atoms with Gasteiger partial charge in [-0.1, -0.05) is 6.92 Å². The molecule has 4 rings (SSSR count). The zero-order chi connectivity index (χ0) is 16.6. The molecule has 3 saturated heterocycles. The van der Waals surface area contributed by atoms with Crippen LogP contribution in [-0.4, -0.2) is 67.3 Å². The number of ether oxygens (including phenoxy) is 2. The van der Waals surface area contributed by atoms with Crippen LogP contribution in [0.2, 0.25) is 0 Å². The highest BCUT2D eigenvalue weighted by atomic mass is 32.1. The van der Waals surface area contributed by atoms with Gasteiger partial charge in [-0.25, -0.2) is 4.98 Å². The van der Waals surface area contributed by atoms with Gasteiger partial charge in [0.05, 0.1) is 25.5 Å². The van der Waals surface area contributed by atoms with Crippen molar-refractivity contribution in [3.8, 4) is 0 Å². The summed E-state index contributed by atoms with van der Waals surface area (Å²) in [6, 6.07) is 0.677. The van der Waals surface area contributed by atoms with Crippen LogP contribution >= 0.6 is 11.3 Å². The lowest BCUT2D eigenvalue weighted by Crippen LogP contribution is -2.44. The van der Waals surface area contributed by atoms with Gasteiger partial charge >= 0.3 is 0 Å². The van der Waals surface area contributed by atoms with E-state index in [0.717, 1.165) is 37.2 Å². The average Bonchev–Trinajstić information content (AvgIpc) is 3.29. The molecule has 6 heteroatoms. The summed E-state index contributed by atoms with van der Waals surface area (Å²) in [5.74, 6) is 0.757. The maximum atomic E-state index is 5.84. The highest BCUT2D eigenvalue weighted by Crippen LogP contribution is 2.50. The number of aromatic nitrogens is 1. The van der Waals surface area contributed by atoms with E-state index >= 15 is 0 Å². The summed E-state index contributed by atoms with van der Waals surface area (Å²) < 4.78 is 11.0. The number of nitrogens with zero attached hydrogens (tertiary/aromatic N) is 3. The van der Waals surface area contributed by atoms with Crippen LogP contribution in [-0.2, 0) is 22.6 Å². The minimum absolute atomic E-state index is 0.497. The van der Waals surface area contributed by atoms with Crippen molar-refractivity contribution in [2.45, 2.75) is 39.0 Å². The molecule has 1 spiro atoms. The second kappa shape index (κ2) is 7.00. The largest absolute Gasteiger partial charge is 0.379 e. The van der Waals surface area contributed by atoms with Crippen LogP contribution in [0.25, 0.3) is 0 Å².